The van der Waals surface area contributed by atoms with Gasteiger partial charge in [0.25, 0.3) is 20.0 Å². The molecule has 7 nitrogen and oxygen atoms in total. The third kappa shape index (κ3) is 6.84. The molecule has 0 aliphatic heterocycles. The number of rotatable bonds is 11. The van der Waals surface area contributed by atoms with Crippen LogP contribution in [0.5, 0.6) is 0 Å². The SMILES string of the molecule is C[C@@H](CC1CCCC1)NCc1ccccc1NS(=O)(=O)c1ccc(NS(=O)(=O)c2cccs2)cc1. The van der Waals surface area contributed by atoms with Gasteiger partial charge in [-0.1, -0.05) is 49.9 Å². The van der Waals surface area contributed by atoms with E-state index in [0.29, 0.717) is 24.0 Å². The van der Waals surface area contributed by atoms with Gasteiger partial charge in [0, 0.05) is 18.3 Å². The summed E-state index contributed by atoms with van der Waals surface area (Å²) in [6, 6.07) is 16.5. The number of hydrogen-bond donors (Lipinski definition) is 3. The van der Waals surface area contributed by atoms with Crippen LogP contribution < -0.4 is 14.8 Å². The maximum atomic E-state index is 13.0. The van der Waals surface area contributed by atoms with Crippen molar-refractivity contribution in [2.45, 2.75) is 60.7 Å². The van der Waals surface area contributed by atoms with E-state index in [-0.39, 0.29) is 9.10 Å². The van der Waals surface area contributed by atoms with Crippen molar-refractivity contribution in [3.63, 3.8) is 0 Å². The van der Waals surface area contributed by atoms with Crippen molar-refractivity contribution in [3.8, 4) is 0 Å². The Hall–Kier alpha value is -2.40. The highest BCUT2D eigenvalue weighted by Crippen LogP contribution is 2.29. The first kappa shape index (κ1) is 25.7. The van der Waals surface area contributed by atoms with Gasteiger partial charge in [0.2, 0.25) is 0 Å². The van der Waals surface area contributed by atoms with E-state index in [1.54, 1.807) is 23.6 Å². The molecule has 0 spiro atoms. The topological polar surface area (TPSA) is 104 Å². The maximum Gasteiger partial charge on any atom is 0.271 e. The molecule has 0 bridgehead atoms. The minimum atomic E-state index is -3.85. The molecule has 188 valence electrons. The fourth-order valence-electron chi connectivity index (χ4n) is 4.42. The van der Waals surface area contributed by atoms with Crippen molar-refractivity contribution in [2.75, 3.05) is 9.44 Å². The van der Waals surface area contributed by atoms with Crippen LogP contribution in [-0.2, 0) is 26.6 Å². The molecule has 1 heterocycles. The Morgan fingerprint density at radius 2 is 1.60 bits per heavy atom. The molecule has 1 aromatic heterocycles. The zero-order valence-electron chi connectivity index (χ0n) is 19.6. The van der Waals surface area contributed by atoms with E-state index in [4.69, 9.17) is 0 Å². The lowest BCUT2D eigenvalue weighted by atomic mass is 9.99. The lowest BCUT2D eigenvalue weighted by Crippen LogP contribution is -2.28. The second kappa shape index (κ2) is 11.1. The van der Waals surface area contributed by atoms with E-state index in [9.17, 15) is 16.8 Å². The molecular weight excluding hydrogens is 502 g/mol. The Morgan fingerprint density at radius 3 is 2.29 bits per heavy atom. The normalized spacial score (nSPS) is 15.7. The van der Waals surface area contributed by atoms with E-state index >= 15 is 0 Å². The first-order chi connectivity index (χ1) is 16.7. The highest BCUT2D eigenvalue weighted by molar-refractivity contribution is 7.94. The summed E-state index contributed by atoms with van der Waals surface area (Å²) in [5, 5.41) is 5.21. The molecule has 1 aliphatic rings. The fourth-order valence-corrected chi connectivity index (χ4v) is 7.57. The number of para-hydroxylation sites is 1. The molecule has 10 heteroatoms. The summed E-state index contributed by atoms with van der Waals surface area (Å²) in [4.78, 5) is 0.0499. The van der Waals surface area contributed by atoms with E-state index < -0.39 is 20.0 Å². The third-order valence-corrected chi connectivity index (χ3v) is 10.4. The lowest BCUT2D eigenvalue weighted by Gasteiger charge is -2.19. The van der Waals surface area contributed by atoms with Gasteiger partial charge in [0.05, 0.1) is 10.6 Å². The molecule has 1 saturated carbocycles. The van der Waals surface area contributed by atoms with E-state index in [2.05, 4.69) is 21.7 Å². The fraction of sp³-hybridized carbons (Fsp3) is 0.360. The van der Waals surface area contributed by atoms with Gasteiger partial charge in [-0.3, -0.25) is 9.44 Å². The number of anilines is 2. The highest BCUT2D eigenvalue weighted by atomic mass is 32.2. The summed E-state index contributed by atoms with van der Waals surface area (Å²) in [5.74, 6) is 0.781. The maximum absolute atomic E-state index is 13.0. The van der Waals surface area contributed by atoms with Gasteiger partial charge >= 0.3 is 0 Å². The van der Waals surface area contributed by atoms with Crippen LogP contribution in [0.1, 0.15) is 44.6 Å². The van der Waals surface area contributed by atoms with Crippen LogP contribution in [0.3, 0.4) is 0 Å². The summed E-state index contributed by atoms with van der Waals surface area (Å²) < 4.78 is 56.2. The van der Waals surface area contributed by atoms with Gasteiger partial charge < -0.3 is 5.32 Å². The molecule has 2 aromatic carbocycles. The zero-order chi connectivity index (χ0) is 24.9. The van der Waals surface area contributed by atoms with Crippen LogP contribution in [0, 0.1) is 5.92 Å². The Labute approximate surface area is 212 Å². The minimum Gasteiger partial charge on any atom is -0.310 e. The number of nitrogens with one attached hydrogen (secondary N) is 3. The van der Waals surface area contributed by atoms with Crippen LogP contribution in [0.15, 0.2) is 75.1 Å². The lowest BCUT2D eigenvalue weighted by molar-refractivity contribution is 0.404. The summed E-state index contributed by atoms with van der Waals surface area (Å²) in [6.45, 7) is 2.75. The molecule has 0 unspecified atom stereocenters. The van der Waals surface area contributed by atoms with Gasteiger partial charge in [-0.2, -0.15) is 0 Å². The van der Waals surface area contributed by atoms with Crippen molar-refractivity contribution in [3.05, 3.63) is 71.6 Å². The molecular formula is C25H31N3O4S3. The minimum absolute atomic E-state index is 0.0499. The summed E-state index contributed by atoms with van der Waals surface area (Å²) >= 11 is 1.11. The molecule has 3 aromatic rings. The molecule has 1 aliphatic carbocycles. The van der Waals surface area contributed by atoms with Gasteiger partial charge in [0.15, 0.2) is 0 Å². The van der Waals surface area contributed by atoms with Gasteiger partial charge in [0.1, 0.15) is 4.21 Å². The Morgan fingerprint density at radius 1 is 0.886 bits per heavy atom. The van der Waals surface area contributed by atoms with Crippen molar-refractivity contribution >= 4 is 42.8 Å². The summed E-state index contributed by atoms with van der Waals surface area (Å²) in [6.07, 6.45) is 6.39. The van der Waals surface area contributed by atoms with Crippen molar-refractivity contribution in [2.24, 2.45) is 5.92 Å². The standard InChI is InChI=1S/C25H31N3O4S3/c1-19(17-20-7-2-3-8-20)26-18-21-9-4-5-10-24(21)28-34(29,30)23-14-12-22(13-15-23)27-35(31,32)25-11-6-16-33-25/h4-6,9-16,19-20,26-28H,2-3,7-8,17-18H2,1H3/t19-/m0/s1. The number of benzene rings is 2. The molecule has 3 N–H and O–H groups in total. The number of thiophene rings is 1. The predicted octanol–water partition coefficient (Wildman–Crippen LogP) is 5.41. The predicted molar refractivity (Wildman–Crippen MR) is 142 cm³/mol. The van der Waals surface area contributed by atoms with Crippen LogP contribution in [0.4, 0.5) is 11.4 Å². The monoisotopic (exact) mass is 533 g/mol. The average Bonchev–Trinajstić information content (AvgIpc) is 3.53. The summed E-state index contributed by atoms with van der Waals surface area (Å²) in [5.41, 5.74) is 1.68. The Bertz CT molecular complexity index is 1320. The molecule has 4 rings (SSSR count). The van der Waals surface area contributed by atoms with Crippen LogP contribution >= 0.6 is 11.3 Å². The Balaban J connectivity index is 1.40. The summed E-state index contributed by atoms with van der Waals surface area (Å²) in [7, 11) is -7.55. The molecule has 1 atom stereocenters. The van der Waals surface area contributed by atoms with E-state index in [1.165, 1.54) is 56.0 Å². The second-order valence-corrected chi connectivity index (χ2v) is 13.5. The van der Waals surface area contributed by atoms with Gasteiger partial charge in [-0.05, 0) is 66.6 Å². The molecule has 0 saturated heterocycles. The molecule has 35 heavy (non-hydrogen) atoms. The van der Waals surface area contributed by atoms with Crippen molar-refractivity contribution < 1.29 is 16.8 Å². The first-order valence-electron chi connectivity index (χ1n) is 11.7. The van der Waals surface area contributed by atoms with Gasteiger partial charge in [-0.25, -0.2) is 16.8 Å². The van der Waals surface area contributed by atoms with Crippen LogP contribution in [-0.4, -0.2) is 22.9 Å². The van der Waals surface area contributed by atoms with Crippen molar-refractivity contribution in [1.29, 1.82) is 0 Å². The van der Waals surface area contributed by atoms with E-state index in [0.717, 1.165) is 29.2 Å². The zero-order valence-corrected chi connectivity index (χ0v) is 22.1. The van der Waals surface area contributed by atoms with Crippen LogP contribution in [0.2, 0.25) is 0 Å². The van der Waals surface area contributed by atoms with E-state index in [1.807, 2.05) is 12.1 Å². The highest BCUT2D eigenvalue weighted by Gasteiger charge is 2.20. The Kier molecular flexibility index (Phi) is 8.16. The number of hydrogen-bond acceptors (Lipinski definition) is 6. The second-order valence-electron chi connectivity index (χ2n) is 8.99. The van der Waals surface area contributed by atoms with Gasteiger partial charge in [-0.15, -0.1) is 11.3 Å². The van der Waals surface area contributed by atoms with Crippen LogP contribution in [0.25, 0.3) is 0 Å². The smallest absolute Gasteiger partial charge is 0.271 e. The van der Waals surface area contributed by atoms with Crippen molar-refractivity contribution in [1.82, 2.24) is 5.32 Å². The number of sulfonamides is 2. The third-order valence-electron chi connectivity index (χ3n) is 6.24. The molecule has 1 fully saturated rings. The quantitative estimate of drug-likeness (QED) is 0.306. The first-order valence-corrected chi connectivity index (χ1v) is 15.6. The molecule has 0 radical (unpaired) electrons. The molecule has 0 amide bonds. The largest absolute Gasteiger partial charge is 0.310 e. The average molecular weight is 534 g/mol.